The van der Waals surface area contributed by atoms with Crippen molar-refractivity contribution in [2.24, 2.45) is 4.99 Å². The average molecular weight is 658 g/mol. The van der Waals surface area contributed by atoms with E-state index >= 15 is 0 Å². The fourth-order valence-electron chi connectivity index (χ4n) is 4.93. The molecule has 0 saturated carbocycles. The van der Waals surface area contributed by atoms with Crippen LogP contribution >= 0.6 is 11.3 Å². The van der Waals surface area contributed by atoms with Gasteiger partial charge in [0.05, 0.1) is 68.8 Å². The number of hydrogen-bond acceptors (Lipinski definition) is 10. The van der Waals surface area contributed by atoms with Crippen molar-refractivity contribution in [1.82, 2.24) is 9.88 Å². The number of hydrogen-bond donors (Lipinski definition) is 3. The van der Waals surface area contributed by atoms with Crippen LogP contribution in [0.3, 0.4) is 0 Å². The predicted octanol–water partition coefficient (Wildman–Crippen LogP) is 4.69. The van der Waals surface area contributed by atoms with Gasteiger partial charge in [0, 0.05) is 26.7 Å². The smallest absolute Gasteiger partial charge is 0.294 e. The molecule has 10 nitrogen and oxygen atoms in total. The molecule has 2 aromatic carbocycles. The highest BCUT2D eigenvalue weighted by Gasteiger charge is 2.14. The summed E-state index contributed by atoms with van der Waals surface area (Å²) in [5.41, 5.74) is 3.13. The molecule has 0 aromatic heterocycles. The molecule has 2 aliphatic rings. The maximum atomic E-state index is 11.8. The molecular weight excluding hydrogens is 615 g/mol. The maximum Gasteiger partial charge on any atom is 0.294 e. The fourth-order valence-corrected chi connectivity index (χ4v) is 6.44. The van der Waals surface area contributed by atoms with Crippen molar-refractivity contribution in [3.63, 3.8) is 0 Å². The van der Waals surface area contributed by atoms with Crippen molar-refractivity contribution < 1.29 is 32.7 Å². The van der Waals surface area contributed by atoms with Crippen LogP contribution in [0, 0.1) is 0 Å². The monoisotopic (exact) mass is 657 g/mol. The summed E-state index contributed by atoms with van der Waals surface area (Å²) < 4.78 is 45.2. The second-order valence-electron chi connectivity index (χ2n) is 11.0. The first-order chi connectivity index (χ1) is 21.7. The van der Waals surface area contributed by atoms with Gasteiger partial charge in [-0.25, -0.2) is 9.98 Å². The van der Waals surface area contributed by atoms with Gasteiger partial charge in [-0.2, -0.15) is 8.42 Å². The molecule has 12 heteroatoms. The molecular formula is C33H43N3O7S2. The molecule has 2 aromatic rings. The van der Waals surface area contributed by atoms with Crippen LogP contribution in [-0.2, 0) is 26.0 Å². The molecule has 4 rings (SSSR count). The van der Waals surface area contributed by atoms with Crippen molar-refractivity contribution >= 4 is 37.4 Å². The normalized spacial score (nSPS) is 14.0. The molecule has 3 N–H and O–H groups in total. The lowest BCUT2D eigenvalue weighted by atomic mass is 10.1. The Labute approximate surface area is 269 Å². The molecule has 244 valence electrons. The summed E-state index contributed by atoms with van der Waals surface area (Å²) in [5.74, 6) is 0. The van der Waals surface area contributed by atoms with Crippen molar-refractivity contribution in [2.75, 3.05) is 46.6 Å². The van der Waals surface area contributed by atoms with Crippen molar-refractivity contribution in [3.8, 4) is 10.6 Å². The van der Waals surface area contributed by atoms with E-state index in [0.717, 1.165) is 32.8 Å². The predicted molar refractivity (Wildman–Crippen MR) is 177 cm³/mol. The van der Waals surface area contributed by atoms with Gasteiger partial charge in [0.25, 0.3) is 10.1 Å². The lowest BCUT2D eigenvalue weighted by molar-refractivity contribution is 0.0186. The molecule has 0 amide bonds. The molecule has 45 heavy (non-hydrogen) atoms. The molecule has 1 aliphatic carbocycles. The minimum atomic E-state index is -4.37. The number of benzene rings is 3. The molecule has 0 spiro atoms. The highest BCUT2D eigenvalue weighted by Crippen LogP contribution is 2.30. The average Bonchev–Trinajstić information content (AvgIpc) is 3.02. The van der Waals surface area contributed by atoms with Gasteiger partial charge in [-0.15, -0.1) is 11.3 Å². The summed E-state index contributed by atoms with van der Waals surface area (Å²) in [5, 5.41) is 20.7. The first kappa shape index (κ1) is 35.1. The van der Waals surface area contributed by atoms with Crippen LogP contribution in [0.2, 0.25) is 0 Å². The van der Waals surface area contributed by atoms with Crippen LogP contribution in [0.5, 0.6) is 0 Å². The second kappa shape index (κ2) is 17.2. The summed E-state index contributed by atoms with van der Waals surface area (Å²) >= 11 is 1.62. The Morgan fingerprint density at radius 2 is 1.76 bits per heavy atom. The third-order valence-corrected chi connectivity index (χ3v) is 9.53. The van der Waals surface area contributed by atoms with E-state index in [4.69, 9.17) is 19.5 Å². The molecule has 0 radical (unpaired) electrons. The van der Waals surface area contributed by atoms with E-state index in [-0.39, 0.29) is 17.6 Å². The molecule has 1 aliphatic heterocycles. The van der Waals surface area contributed by atoms with Gasteiger partial charge in [0.1, 0.15) is 0 Å². The Balaban J connectivity index is 1.52. The molecule has 0 saturated heterocycles. The Morgan fingerprint density at radius 1 is 0.978 bits per heavy atom. The summed E-state index contributed by atoms with van der Waals surface area (Å²) in [7, 11) is -2.70. The van der Waals surface area contributed by atoms with E-state index in [9.17, 15) is 23.2 Å². The molecule has 1 heterocycles. The minimum Gasteiger partial charge on any atom is -0.393 e. The van der Waals surface area contributed by atoms with E-state index < -0.39 is 16.2 Å². The number of para-hydroxylation sites is 1. The number of ether oxygens (including phenoxy) is 2. The first-order valence-corrected chi connectivity index (χ1v) is 17.5. The molecule has 2 unspecified atom stereocenters. The first-order valence-electron chi connectivity index (χ1n) is 15.3. The van der Waals surface area contributed by atoms with Crippen molar-refractivity contribution in [1.29, 1.82) is 0 Å². The lowest BCUT2D eigenvalue weighted by Crippen LogP contribution is -2.34. The summed E-state index contributed by atoms with van der Waals surface area (Å²) in [6.45, 7) is 5.21. The van der Waals surface area contributed by atoms with Gasteiger partial charge in [-0.1, -0.05) is 25.1 Å². The molecule has 2 atom stereocenters. The lowest BCUT2D eigenvalue weighted by Gasteiger charge is -2.22. The Bertz CT molecular complexity index is 1660. The fraction of sp³-hybridized carbons (Fsp3) is 0.455. The van der Waals surface area contributed by atoms with Crippen LogP contribution in [0.4, 0.5) is 5.69 Å². The Morgan fingerprint density at radius 3 is 2.53 bits per heavy atom. The van der Waals surface area contributed by atoms with Crippen molar-refractivity contribution in [3.05, 3.63) is 71.6 Å². The summed E-state index contributed by atoms with van der Waals surface area (Å²) in [4.78, 5) is 12.7. The van der Waals surface area contributed by atoms with Crippen LogP contribution < -0.4 is 5.36 Å². The van der Waals surface area contributed by atoms with Crippen LogP contribution in [0.15, 0.2) is 70.6 Å². The van der Waals surface area contributed by atoms with Crippen LogP contribution in [-0.4, -0.2) is 91.8 Å². The third kappa shape index (κ3) is 10.9. The standard InChI is InChI=1S/C33H43N3O7S2/c1-3-26(37)9-7-10-27(38)23-43-19-17-36(16-18-42-2)15-14-24-20-31-33(44-32-13-5-4-12-29(32)35-31)22-30(24)34-25-8-6-11-28(21-25)45(39,40)41/h4-6,8,11-13,20-22,26-27,37-38H,3,7,9-10,14-19,23H2,1-2H3,(H,39,40,41). The van der Waals surface area contributed by atoms with Gasteiger partial charge in [-0.3, -0.25) is 9.45 Å². The van der Waals surface area contributed by atoms with E-state index in [0.29, 0.717) is 69.6 Å². The number of nitrogens with zero attached hydrogens (tertiary/aromatic N) is 3. The van der Waals surface area contributed by atoms with Gasteiger partial charge in [0.2, 0.25) is 0 Å². The highest BCUT2D eigenvalue weighted by atomic mass is 32.2. The summed E-state index contributed by atoms with van der Waals surface area (Å²) in [6, 6.07) is 17.9. The van der Waals surface area contributed by atoms with E-state index in [1.165, 1.54) is 12.1 Å². The van der Waals surface area contributed by atoms with Crippen molar-refractivity contribution in [2.45, 2.75) is 56.1 Å². The van der Waals surface area contributed by atoms with Gasteiger partial charge >= 0.3 is 0 Å². The van der Waals surface area contributed by atoms with Crippen LogP contribution in [0.25, 0.3) is 20.8 Å². The van der Waals surface area contributed by atoms with E-state index in [1.54, 1.807) is 30.6 Å². The zero-order chi connectivity index (χ0) is 32.2. The maximum absolute atomic E-state index is 11.8. The van der Waals surface area contributed by atoms with Gasteiger partial charge in [0.15, 0.2) is 0 Å². The SMILES string of the molecule is CCC(O)CCCC(O)COCCN(CCOC)CCc1cc2nc3ccccc3sc-2cc1=Nc1cccc(S(=O)(=O)O)c1. The number of fused-ring (bicyclic) bond motifs is 2. The number of rotatable bonds is 18. The Hall–Kier alpha value is -2.81. The molecule has 0 fully saturated rings. The van der Waals surface area contributed by atoms with E-state index in [2.05, 4.69) is 4.90 Å². The zero-order valence-electron chi connectivity index (χ0n) is 25.8. The molecule has 0 bridgehead atoms. The topological polar surface area (TPSA) is 142 Å². The third-order valence-electron chi connectivity index (χ3n) is 7.57. The number of aromatic nitrogens is 1. The highest BCUT2D eigenvalue weighted by molar-refractivity contribution is 7.85. The van der Waals surface area contributed by atoms with Crippen LogP contribution in [0.1, 0.15) is 38.2 Å². The van der Waals surface area contributed by atoms with E-state index in [1.807, 2.05) is 43.3 Å². The van der Waals surface area contributed by atoms with Gasteiger partial charge in [-0.05, 0) is 80.1 Å². The minimum absolute atomic E-state index is 0.212. The quantitative estimate of drug-likeness (QED) is 0.0790. The number of aliphatic hydroxyl groups is 2. The number of aliphatic hydroxyl groups excluding tert-OH is 2. The number of methoxy groups -OCH3 is 1. The van der Waals surface area contributed by atoms with Gasteiger partial charge < -0.3 is 19.7 Å². The zero-order valence-corrected chi connectivity index (χ0v) is 27.5. The largest absolute Gasteiger partial charge is 0.393 e. The second-order valence-corrected chi connectivity index (χ2v) is 13.5. The Kier molecular flexibility index (Phi) is 13.4. The summed E-state index contributed by atoms with van der Waals surface area (Å²) in [6.07, 6.45) is 2.50.